The minimum absolute atomic E-state index is 0.0886. The van der Waals surface area contributed by atoms with Crippen molar-refractivity contribution >= 4 is 43.8 Å². The summed E-state index contributed by atoms with van der Waals surface area (Å²) in [5.41, 5.74) is 3.50. The molecular weight excluding hydrogens is 494 g/mol. The van der Waals surface area contributed by atoms with E-state index in [1.807, 2.05) is 6.92 Å². The zero-order chi connectivity index (χ0) is 23.0. The minimum atomic E-state index is -3.97. The molecule has 7 nitrogen and oxygen atoms in total. The largest absolute Gasteiger partial charge is 0.494 e. The lowest BCUT2D eigenvalue weighted by Gasteiger charge is -2.23. The minimum Gasteiger partial charge on any atom is -0.494 e. The monoisotopic (exact) mass is 515 g/mol. The van der Waals surface area contributed by atoms with Crippen LogP contribution >= 0.6 is 15.9 Å². The van der Waals surface area contributed by atoms with E-state index in [0.29, 0.717) is 16.8 Å². The summed E-state index contributed by atoms with van der Waals surface area (Å²) in [6, 6.07) is 21.9. The van der Waals surface area contributed by atoms with E-state index in [0.717, 1.165) is 15.6 Å². The summed E-state index contributed by atoms with van der Waals surface area (Å²) in [7, 11) is -3.97. The van der Waals surface area contributed by atoms with Crippen molar-refractivity contribution in [3.05, 3.63) is 88.9 Å². The zero-order valence-electron chi connectivity index (χ0n) is 17.3. The lowest BCUT2D eigenvalue weighted by molar-refractivity contribution is -0.119. The van der Waals surface area contributed by atoms with Crippen LogP contribution < -0.4 is 14.5 Å². The van der Waals surface area contributed by atoms with E-state index in [4.69, 9.17) is 4.74 Å². The van der Waals surface area contributed by atoms with Gasteiger partial charge in [0.15, 0.2) is 0 Å². The summed E-state index contributed by atoms with van der Waals surface area (Å²) in [6.45, 7) is 2.04. The molecule has 0 unspecified atom stereocenters. The van der Waals surface area contributed by atoms with Gasteiger partial charge in [0.05, 0.1) is 23.4 Å². The highest BCUT2D eigenvalue weighted by Crippen LogP contribution is 2.26. The Hall–Kier alpha value is -3.17. The van der Waals surface area contributed by atoms with Crippen molar-refractivity contribution in [3.8, 4) is 5.75 Å². The van der Waals surface area contributed by atoms with E-state index in [1.165, 1.54) is 18.3 Å². The second-order valence-corrected chi connectivity index (χ2v) is 9.38. The second kappa shape index (κ2) is 10.9. The maximum absolute atomic E-state index is 13.2. The Morgan fingerprint density at radius 1 is 1.06 bits per heavy atom. The molecule has 3 rings (SSSR count). The number of nitrogens with one attached hydrogen (secondary N) is 1. The van der Waals surface area contributed by atoms with Gasteiger partial charge in [-0.2, -0.15) is 5.10 Å². The van der Waals surface area contributed by atoms with Crippen LogP contribution in [0.1, 0.15) is 12.5 Å². The molecule has 3 aromatic carbocycles. The fraction of sp³-hybridized carbons (Fsp3) is 0.130. The maximum atomic E-state index is 13.2. The quantitative estimate of drug-likeness (QED) is 0.341. The van der Waals surface area contributed by atoms with Crippen molar-refractivity contribution in [1.29, 1.82) is 0 Å². The molecule has 0 aliphatic carbocycles. The van der Waals surface area contributed by atoms with Crippen LogP contribution in [-0.4, -0.2) is 33.7 Å². The van der Waals surface area contributed by atoms with E-state index >= 15 is 0 Å². The van der Waals surface area contributed by atoms with Crippen LogP contribution in [0, 0.1) is 0 Å². The van der Waals surface area contributed by atoms with E-state index < -0.39 is 22.5 Å². The number of ether oxygens (including phenoxy) is 1. The van der Waals surface area contributed by atoms with Crippen LogP contribution in [-0.2, 0) is 14.8 Å². The molecule has 0 saturated heterocycles. The molecule has 0 spiro atoms. The highest BCUT2D eigenvalue weighted by Gasteiger charge is 2.27. The van der Waals surface area contributed by atoms with Crippen molar-refractivity contribution in [3.63, 3.8) is 0 Å². The number of carbonyl (C=O) groups is 1. The first-order valence-electron chi connectivity index (χ1n) is 9.78. The highest BCUT2D eigenvalue weighted by atomic mass is 79.9. The third-order valence-corrected chi connectivity index (χ3v) is 6.59. The summed E-state index contributed by atoms with van der Waals surface area (Å²) in [4.78, 5) is 12.6. The molecule has 0 aromatic heterocycles. The zero-order valence-corrected chi connectivity index (χ0v) is 19.7. The molecule has 9 heteroatoms. The van der Waals surface area contributed by atoms with Crippen LogP contribution in [0.4, 0.5) is 5.69 Å². The Labute approximate surface area is 195 Å². The number of halogens is 1. The molecule has 0 bridgehead atoms. The summed E-state index contributed by atoms with van der Waals surface area (Å²) in [6.07, 6.45) is 1.47. The lowest BCUT2D eigenvalue weighted by Crippen LogP contribution is -2.39. The second-order valence-electron chi connectivity index (χ2n) is 6.60. The summed E-state index contributed by atoms with van der Waals surface area (Å²) in [5, 5.41) is 3.94. The van der Waals surface area contributed by atoms with Crippen molar-refractivity contribution in [2.45, 2.75) is 11.8 Å². The summed E-state index contributed by atoms with van der Waals surface area (Å²) >= 11 is 3.35. The lowest BCUT2D eigenvalue weighted by atomic mass is 10.2. The molecule has 3 aromatic rings. The van der Waals surface area contributed by atoms with Gasteiger partial charge < -0.3 is 4.74 Å². The molecule has 0 aliphatic heterocycles. The SMILES string of the molecule is CCOc1ccc(/C=N\NC(=O)CN(c2cccc(Br)c2)S(=O)(=O)c2ccccc2)cc1. The van der Waals surface area contributed by atoms with Gasteiger partial charge >= 0.3 is 0 Å². The van der Waals surface area contributed by atoms with Crippen LogP contribution in [0.2, 0.25) is 0 Å². The van der Waals surface area contributed by atoms with Crippen molar-refractivity contribution in [2.24, 2.45) is 5.10 Å². The van der Waals surface area contributed by atoms with Crippen LogP contribution in [0.25, 0.3) is 0 Å². The Kier molecular flexibility index (Phi) is 8.02. The number of nitrogens with zero attached hydrogens (tertiary/aromatic N) is 2. The van der Waals surface area contributed by atoms with Gasteiger partial charge in [0.25, 0.3) is 15.9 Å². The number of rotatable bonds is 9. The first kappa shape index (κ1) is 23.5. The molecule has 0 fully saturated rings. The van der Waals surface area contributed by atoms with Crippen LogP contribution in [0.5, 0.6) is 5.75 Å². The molecule has 0 aliphatic rings. The molecule has 0 saturated carbocycles. The topological polar surface area (TPSA) is 88.1 Å². The smallest absolute Gasteiger partial charge is 0.264 e. The number of hydrogen-bond acceptors (Lipinski definition) is 5. The predicted molar refractivity (Wildman–Crippen MR) is 128 cm³/mol. The molecular formula is C23H22BrN3O4S. The van der Waals surface area contributed by atoms with Gasteiger partial charge in [0.2, 0.25) is 0 Å². The molecule has 0 atom stereocenters. The number of hydrogen-bond donors (Lipinski definition) is 1. The van der Waals surface area contributed by atoms with Gasteiger partial charge in [-0.05, 0) is 67.1 Å². The normalized spacial score (nSPS) is 11.3. The van der Waals surface area contributed by atoms with Gasteiger partial charge in [-0.1, -0.05) is 40.2 Å². The molecule has 166 valence electrons. The standard InChI is InChI=1S/C23H22BrN3O4S/c1-2-31-21-13-11-18(12-14-21)16-25-26-23(28)17-27(20-8-6-7-19(24)15-20)32(29,30)22-9-4-3-5-10-22/h3-16H,2,17H2,1H3,(H,26,28)/b25-16-. The third kappa shape index (κ3) is 6.18. The molecule has 1 amide bonds. The highest BCUT2D eigenvalue weighted by molar-refractivity contribution is 9.10. The molecule has 0 heterocycles. The number of anilines is 1. The first-order chi connectivity index (χ1) is 15.4. The number of amides is 1. The van der Waals surface area contributed by atoms with E-state index in [1.54, 1.807) is 66.7 Å². The molecule has 32 heavy (non-hydrogen) atoms. The maximum Gasteiger partial charge on any atom is 0.264 e. The number of sulfonamides is 1. The van der Waals surface area contributed by atoms with Crippen molar-refractivity contribution < 1.29 is 17.9 Å². The van der Waals surface area contributed by atoms with E-state index in [-0.39, 0.29) is 4.90 Å². The van der Waals surface area contributed by atoms with Gasteiger partial charge in [-0.3, -0.25) is 9.10 Å². The number of carbonyl (C=O) groups excluding carboxylic acids is 1. The Morgan fingerprint density at radius 2 is 1.78 bits per heavy atom. The van der Waals surface area contributed by atoms with Gasteiger partial charge in [-0.25, -0.2) is 13.8 Å². The Balaban J connectivity index is 1.76. The summed E-state index contributed by atoms with van der Waals surface area (Å²) in [5.74, 6) is 0.163. The van der Waals surface area contributed by atoms with Gasteiger partial charge in [0.1, 0.15) is 12.3 Å². The van der Waals surface area contributed by atoms with Gasteiger partial charge in [-0.15, -0.1) is 0 Å². The Morgan fingerprint density at radius 3 is 2.44 bits per heavy atom. The van der Waals surface area contributed by atoms with Gasteiger partial charge in [0, 0.05) is 4.47 Å². The number of benzene rings is 3. The van der Waals surface area contributed by atoms with E-state index in [9.17, 15) is 13.2 Å². The number of hydrazone groups is 1. The average molecular weight is 516 g/mol. The van der Waals surface area contributed by atoms with Crippen LogP contribution in [0.15, 0.2) is 93.3 Å². The molecule has 1 N–H and O–H groups in total. The Bertz CT molecular complexity index is 1180. The van der Waals surface area contributed by atoms with Crippen molar-refractivity contribution in [1.82, 2.24) is 5.43 Å². The fourth-order valence-corrected chi connectivity index (χ4v) is 4.65. The van der Waals surface area contributed by atoms with Crippen molar-refractivity contribution in [2.75, 3.05) is 17.5 Å². The third-order valence-electron chi connectivity index (χ3n) is 4.31. The molecule has 0 radical (unpaired) electrons. The first-order valence-corrected chi connectivity index (χ1v) is 12.0. The van der Waals surface area contributed by atoms with E-state index in [2.05, 4.69) is 26.5 Å². The average Bonchev–Trinajstić information content (AvgIpc) is 2.79. The van der Waals surface area contributed by atoms with Crippen LogP contribution in [0.3, 0.4) is 0 Å². The summed E-state index contributed by atoms with van der Waals surface area (Å²) < 4.78 is 33.6. The fourth-order valence-electron chi connectivity index (χ4n) is 2.83. The predicted octanol–water partition coefficient (Wildman–Crippen LogP) is 4.19.